The molecule has 1 amide bonds. The van der Waals surface area contributed by atoms with Crippen molar-refractivity contribution in [3.63, 3.8) is 0 Å². The summed E-state index contributed by atoms with van der Waals surface area (Å²) in [6, 6.07) is 9.84. The molecule has 0 N–H and O–H groups in total. The number of ether oxygens (including phenoxy) is 2. The number of piperazine rings is 1. The highest BCUT2D eigenvalue weighted by Crippen LogP contribution is 2.32. The predicted molar refractivity (Wildman–Crippen MR) is 119 cm³/mol. The van der Waals surface area contributed by atoms with Crippen molar-refractivity contribution in [2.75, 3.05) is 33.0 Å². The zero-order chi connectivity index (χ0) is 20.3. The van der Waals surface area contributed by atoms with Crippen LogP contribution in [0.25, 0.3) is 16.6 Å². The molecule has 0 aliphatic carbocycles. The van der Waals surface area contributed by atoms with Gasteiger partial charge in [0.15, 0.2) is 11.5 Å². The third-order valence-electron chi connectivity index (χ3n) is 5.18. The Kier molecular flexibility index (Phi) is 5.52. The molecular formula is C22H21N3O3S2. The van der Waals surface area contributed by atoms with Crippen molar-refractivity contribution in [1.29, 1.82) is 0 Å². The zero-order valence-electron chi connectivity index (χ0n) is 16.3. The van der Waals surface area contributed by atoms with E-state index in [0.29, 0.717) is 0 Å². The van der Waals surface area contributed by atoms with E-state index in [2.05, 4.69) is 27.8 Å². The standard InChI is InChI=1S/C22H21N3O3S2/c26-22(6-4-16-3-5-18-19(12-16)28-15-27-18)25-9-7-24(8-10-25)13-21-23-17(14-30-21)20-2-1-11-29-20/h1-6,11-12,14H,7-10,13,15H2/b6-4-. The van der Waals surface area contributed by atoms with Crippen LogP contribution in [-0.2, 0) is 11.3 Å². The summed E-state index contributed by atoms with van der Waals surface area (Å²) in [5, 5.41) is 5.33. The number of thiophene rings is 1. The van der Waals surface area contributed by atoms with E-state index in [-0.39, 0.29) is 12.7 Å². The molecular weight excluding hydrogens is 418 g/mol. The Hall–Kier alpha value is -2.68. The van der Waals surface area contributed by atoms with Crippen LogP contribution in [-0.4, -0.2) is 53.7 Å². The lowest BCUT2D eigenvalue weighted by Gasteiger charge is -2.33. The van der Waals surface area contributed by atoms with Crippen molar-refractivity contribution in [2.45, 2.75) is 6.54 Å². The average molecular weight is 440 g/mol. The van der Waals surface area contributed by atoms with Gasteiger partial charge in [-0.1, -0.05) is 12.1 Å². The Labute approximate surface area is 183 Å². The van der Waals surface area contributed by atoms with Gasteiger partial charge in [-0.05, 0) is 35.2 Å². The van der Waals surface area contributed by atoms with E-state index in [1.165, 1.54) is 4.88 Å². The molecule has 5 rings (SSSR count). The summed E-state index contributed by atoms with van der Waals surface area (Å²) in [6.45, 7) is 4.27. The van der Waals surface area contributed by atoms with Gasteiger partial charge in [0.25, 0.3) is 0 Å². The lowest BCUT2D eigenvalue weighted by atomic mass is 10.2. The highest BCUT2D eigenvalue weighted by molar-refractivity contribution is 7.14. The molecule has 2 aromatic heterocycles. The minimum Gasteiger partial charge on any atom is -0.454 e. The van der Waals surface area contributed by atoms with Crippen LogP contribution in [0.4, 0.5) is 0 Å². The van der Waals surface area contributed by atoms with E-state index >= 15 is 0 Å². The van der Waals surface area contributed by atoms with Crippen molar-refractivity contribution in [3.8, 4) is 22.1 Å². The minimum atomic E-state index is 0.0431. The molecule has 8 heteroatoms. The van der Waals surface area contributed by atoms with Crippen molar-refractivity contribution >= 4 is 34.7 Å². The Morgan fingerprint density at radius 2 is 1.97 bits per heavy atom. The van der Waals surface area contributed by atoms with Gasteiger partial charge in [0.05, 0.1) is 17.1 Å². The first-order valence-electron chi connectivity index (χ1n) is 9.82. The van der Waals surface area contributed by atoms with Crippen LogP contribution in [0, 0.1) is 0 Å². The van der Waals surface area contributed by atoms with E-state index in [4.69, 9.17) is 14.5 Å². The summed E-state index contributed by atoms with van der Waals surface area (Å²) in [4.78, 5) is 22.8. The Balaban J connectivity index is 1.13. The fourth-order valence-corrected chi connectivity index (χ4v) is 5.12. The van der Waals surface area contributed by atoms with Gasteiger partial charge in [0.1, 0.15) is 5.01 Å². The summed E-state index contributed by atoms with van der Waals surface area (Å²) in [6.07, 6.45) is 3.47. The summed E-state index contributed by atoms with van der Waals surface area (Å²) in [5.74, 6) is 1.52. The summed E-state index contributed by atoms with van der Waals surface area (Å²) in [5.41, 5.74) is 1.99. The number of fused-ring (bicyclic) bond motifs is 1. The van der Waals surface area contributed by atoms with Gasteiger partial charge < -0.3 is 14.4 Å². The molecule has 0 atom stereocenters. The highest BCUT2D eigenvalue weighted by Gasteiger charge is 2.21. The van der Waals surface area contributed by atoms with Crippen LogP contribution < -0.4 is 9.47 Å². The zero-order valence-corrected chi connectivity index (χ0v) is 18.0. The van der Waals surface area contributed by atoms with Crippen LogP contribution in [0.2, 0.25) is 0 Å². The lowest BCUT2D eigenvalue weighted by Crippen LogP contribution is -2.47. The van der Waals surface area contributed by atoms with Crippen LogP contribution in [0.3, 0.4) is 0 Å². The third kappa shape index (κ3) is 4.26. The highest BCUT2D eigenvalue weighted by atomic mass is 32.1. The fraction of sp³-hybridized carbons (Fsp3) is 0.273. The number of benzene rings is 1. The van der Waals surface area contributed by atoms with Gasteiger partial charge in [-0.3, -0.25) is 9.69 Å². The first-order chi connectivity index (χ1) is 14.7. The van der Waals surface area contributed by atoms with Crippen molar-refractivity contribution < 1.29 is 14.3 Å². The summed E-state index contributed by atoms with van der Waals surface area (Å²) in [7, 11) is 0. The maximum Gasteiger partial charge on any atom is 0.246 e. The second kappa shape index (κ2) is 8.59. The number of rotatable bonds is 5. The number of thiazole rings is 1. The molecule has 4 heterocycles. The first kappa shape index (κ1) is 19.3. The van der Waals surface area contributed by atoms with Crippen LogP contribution in [0.1, 0.15) is 10.6 Å². The van der Waals surface area contributed by atoms with Gasteiger partial charge in [0.2, 0.25) is 12.7 Å². The molecule has 0 unspecified atom stereocenters. The number of carbonyl (C=O) groups excluding carboxylic acids is 1. The Morgan fingerprint density at radius 1 is 1.10 bits per heavy atom. The molecule has 0 bridgehead atoms. The second-order valence-corrected chi connectivity index (χ2v) is 9.04. The number of hydrogen-bond acceptors (Lipinski definition) is 7. The van der Waals surface area contributed by atoms with Gasteiger partial charge in [-0.2, -0.15) is 0 Å². The van der Waals surface area contributed by atoms with Crippen LogP contribution in [0.5, 0.6) is 11.5 Å². The molecule has 6 nitrogen and oxygen atoms in total. The maximum absolute atomic E-state index is 12.6. The number of amides is 1. The summed E-state index contributed by atoms with van der Waals surface area (Å²) < 4.78 is 10.7. The van der Waals surface area contributed by atoms with E-state index in [1.54, 1.807) is 28.7 Å². The smallest absolute Gasteiger partial charge is 0.246 e. The monoisotopic (exact) mass is 439 g/mol. The van der Waals surface area contributed by atoms with Crippen molar-refractivity contribution in [3.05, 3.63) is 57.7 Å². The van der Waals surface area contributed by atoms with Crippen LogP contribution >= 0.6 is 22.7 Å². The van der Waals surface area contributed by atoms with E-state index in [0.717, 1.165) is 60.5 Å². The number of carbonyl (C=O) groups is 1. The topological polar surface area (TPSA) is 54.9 Å². The average Bonchev–Trinajstić information content (AvgIpc) is 3.53. The van der Waals surface area contributed by atoms with Crippen molar-refractivity contribution in [1.82, 2.24) is 14.8 Å². The predicted octanol–water partition coefficient (Wildman–Crippen LogP) is 3.96. The molecule has 1 saturated heterocycles. The Bertz CT molecular complexity index is 1050. The first-order valence-corrected chi connectivity index (χ1v) is 11.6. The third-order valence-corrected chi connectivity index (χ3v) is 6.91. The molecule has 30 heavy (non-hydrogen) atoms. The fourth-order valence-electron chi connectivity index (χ4n) is 3.53. The summed E-state index contributed by atoms with van der Waals surface area (Å²) >= 11 is 3.42. The molecule has 0 saturated carbocycles. The minimum absolute atomic E-state index is 0.0431. The van der Waals surface area contributed by atoms with Gasteiger partial charge in [-0.15, -0.1) is 22.7 Å². The maximum atomic E-state index is 12.6. The molecule has 2 aliphatic rings. The lowest BCUT2D eigenvalue weighted by molar-refractivity contribution is -0.127. The molecule has 0 radical (unpaired) electrons. The van der Waals surface area contributed by atoms with E-state index in [9.17, 15) is 4.79 Å². The molecule has 1 fully saturated rings. The largest absolute Gasteiger partial charge is 0.454 e. The van der Waals surface area contributed by atoms with E-state index < -0.39 is 0 Å². The quantitative estimate of drug-likeness (QED) is 0.564. The van der Waals surface area contributed by atoms with E-state index in [1.807, 2.05) is 29.2 Å². The number of aromatic nitrogens is 1. The molecule has 0 spiro atoms. The molecule has 3 aromatic rings. The number of hydrogen-bond donors (Lipinski definition) is 0. The van der Waals surface area contributed by atoms with Crippen molar-refractivity contribution in [2.24, 2.45) is 0 Å². The van der Waals surface area contributed by atoms with Crippen LogP contribution in [0.15, 0.2) is 47.2 Å². The number of nitrogens with zero attached hydrogens (tertiary/aromatic N) is 3. The normalized spacial score (nSPS) is 16.5. The van der Waals surface area contributed by atoms with Gasteiger partial charge in [-0.25, -0.2) is 4.98 Å². The molecule has 2 aliphatic heterocycles. The van der Waals surface area contributed by atoms with Gasteiger partial charge >= 0.3 is 0 Å². The molecule has 1 aromatic carbocycles. The molecule has 154 valence electrons. The SMILES string of the molecule is O=C(/C=C\c1ccc2c(c1)OCO2)N1CCN(Cc2nc(-c3cccs3)cs2)CC1. The second-order valence-electron chi connectivity index (χ2n) is 7.15. The Morgan fingerprint density at radius 3 is 2.80 bits per heavy atom. The van der Waals surface area contributed by atoms with Gasteiger partial charge in [0, 0.05) is 37.6 Å².